The first-order valence-electron chi connectivity index (χ1n) is 9.91. The summed E-state index contributed by atoms with van der Waals surface area (Å²) in [5.74, 6) is 1.46. The van der Waals surface area contributed by atoms with E-state index in [0.29, 0.717) is 19.8 Å². The monoisotopic (exact) mass is 388 g/mol. The van der Waals surface area contributed by atoms with Crippen LogP contribution < -0.4 is 14.9 Å². The van der Waals surface area contributed by atoms with Crippen molar-refractivity contribution in [1.82, 2.24) is 5.43 Å². The van der Waals surface area contributed by atoms with Gasteiger partial charge < -0.3 is 14.9 Å². The molecule has 0 saturated carbocycles. The van der Waals surface area contributed by atoms with Crippen molar-refractivity contribution in [1.29, 1.82) is 0 Å². The first-order valence-corrected chi connectivity index (χ1v) is 9.91. The highest BCUT2D eigenvalue weighted by molar-refractivity contribution is 5.80. The minimum Gasteiger partial charge on any atom is -0.490 e. The second-order valence-electron chi connectivity index (χ2n) is 6.94. The summed E-state index contributed by atoms with van der Waals surface area (Å²) in [7, 11) is 0. The molecule has 29 heavy (non-hydrogen) atoms. The van der Waals surface area contributed by atoms with Crippen molar-refractivity contribution in [2.75, 3.05) is 6.61 Å². The smallest absolute Gasteiger partial charge is 0.161 e. The van der Waals surface area contributed by atoms with Crippen molar-refractivity contribution in [2.24, 2.45) is 5.10 Å². The van der Waals surface area contributed by atoms with Gasteiger partial charge in [0.1, 0.15) is 6.61 Å². The van der Waals surface area contributed by atoms with E-state index in [4.69, 9.17) is 9.47 Å². The topological polar surface area (TPSA) is 42.8 Å². The quantitative estimate of drug-likeness (QED) is 0.394. The highest BCUT2D eigenvalue weighted by atomic mass is 16.5. The molecule has 0 spiro atoms. The Labute approximate surface area is 173 Å². The summed E-state index contributed by atoms with van der Waals surface area (Å²) in [6, 6.07) is 22.5. The minimum absolute atomic E-state index is 0.514. The van der Waals surface area contributed by atoms with E-state index in [2.05, 4.69) is 54.7 Å². The summed E-state index contributed by atoms with van der Waals surface area (Å²) in [4.78, 5) is 0. The van der Waals surface area contributed by atoms with Gasteiger partial charge in [-0.1, -0.05) is 54.1 Å². The molecule has 3 aromatic rings. The Kier molecular flexibility index (Phi) is 7.28. The molecule has 1 N–H and O–H groups in total. The molecule has 0 aliphatic heterocycles. The Hall–Kier alpha value is -3.27. The Morgan fingerprint density at radius 2 is 1.72 bits per heavy atom. The molecule has 0 aliphatic carbocycles. The normalized spacial score (nSPS) is 10.9. The summed E-state index contributed by atoms with van der Waals surface area (Å²) in [5.41, 5.74) is 8.85. The van der Waals surface area contributed by atoms with Gasteiger partial charge in [-0.2, -0.15) is 5.10 Å². The number of ether oxygens (including phenoxy) is 2. The van der Waals surface area contributed by atoms with Gasteiger partial charge in [-0.15, -0.1) is 0 Å². The zero-order valence-corrected chi connectivity index (χ0v) is 17.3. The van der Waals surface area contributed by atoms with E-state index >= 15 is 0 Å². The lowest BCUT2D eigenvalue weighted by molar-refractivity contribution is 0.269. The molecule has 0 saturated heterocycles. The average molecular weight is 389 g/mol. The van der Waals surface area contributed by atoms with Crippen molar-refractivity contribution >= 4 is 6.21 Å². The molecular formula is C25H28N2O2. The molecule has 0 bridgehead atoms. The fourth-order valence-electron chi connectivity index (χ4n) is 2.96. The highest BCUT2D eigenvalue weighted by Crippen LogP contribution is 2.29. The molecule has 150 valence electrons. The van der Waals surface area contributed by atoms with Gasteiger partial charge in [0.05, 0.1) is 19.4 Å². The van der Waals surface area contributed by atoms with Crippen LogP contribution in [0, 0.1) is 13.8 Å². The van der Waals surface area contributed by atoms with Crippen molar-refractivity contribution < 1.29 is 9.47 Å². The van der Waals surface area contributed by atoms with Gasteiger partial charge in [-0.25, -0.2) is 0 Å². The molecule has 4 heteroatoms. The summed E-state index contributed by atoms with van der Waals surface area (Å²) in [6.07, 6.45) is 1.79. The van der Waals surface area contributed by atoms with Crippen LogP contribution in [0.25, 0.3) is 0 Å². The molecule has 0 fully saturated rings. The van der Waals surface area contributed by atoms with Crippen LogP contribution in [0.1, 0.15) is 34.7 Å². The standard InChI is InChI=1S/C25H28N2O2/c1-4-28-25-15-22(17-27-26-16-21-8-6-5-7-9-21)12-13-24(25)29-18-23-14-19(2)10-11-20(23)3/h5-15,17,26H,4,16,18H2,1-3H3. The van der Waals surface area contributed by atoms with Gasteiger partial charge in [0.25, 0.3) is 0 Å². The molecule has 0 aromatic heterocycles. The Morgan fingerprint density at radius 1 is 0.897 bits per heavy atom. The van der Waals surface area contributed by atoms with E-state index in [1.54, 1.807) is 6.21 Å². The first-order chi connectivity index (χ1) is 14.2. The molecule has 4 nitrogen and oxygen atoms in total. The van der Waals surface area contributed by atoms with Gasteiger partial charge in [0.2, 0.25) is 0 Å². The van der Waals surface area contributed by atoms with Gasteiger partial charge in [0, 0.05) is 0 Å². The van der Waals surface area contributed by atoms with Gasteiger partial charge in [0.15, 0.2) is 11.5 Å². The predicted molar refractivity (Wildman–Crippen MR) is 119 cm³/mol. The van der Waals surface area contributed by atoms with Crippen LogP contribution in [0.3, 0.4) is 0 Å². The minimum atomic E-state index is 0.514. The van der Waals surface area contributed by atoms with Gasteiger partial charge in [-0.05, 0) is 61.2 Å². The fraction of sp³-hybridized carbons (Fsp3) is 0.240. The Balaban J connectivity index is 1.64. The van der Waals surface area contributed by atoms with Crippen LogP contribution >= 0.6 is 0 Å². The molecule has 0 heterocycles. The second-order valence-corrected chi connectivity index (χ2v) is 6.94. The maximum atomic E-state index is 6.06. The lowest BCUT2D eigenvalue weighted by Crippen LogP contribution is -2.05. The van der Waals surface area contributed by atoms with Crippen LogP contribution in [-0.4, -0.2) is 12.8 Å². The van der Waals surface area contributed by atoms with E-state index in [9.17, 15) is 0 Å². The van der Waals surface area contributed by atoms with Crippen molar-refractivity contribution in [3.05, 3.63) is 94.5 Å². The number of nitrogens with one attached hydrogen (secondary N) is 1. The van der Waals surface area contributed by atoms with E-state index < -0.39 is 0 Å². The van der Waals surface area contributed by atoms with Gasteiger partial charge in [-0.3, -0.25) is 0 Å². The second kappa shape index (κ2) is 10.3. The SMILES string of the molecule is CCOc1cc(C=NNCc2ccccc2)ccc1OCc1cc(C)ccc1C. The molecule has 0 radical (unpaired) electrons. The van der Waals surface area contributed by atoms with E-state index in [1.807, 2.05) is 43.3 Å². The van der Waals surface area contributed by atoms with Crippen molar-refractivity contribution in [3.63, 3.8) is 0 Å². The van der Waals surface area contributed by atoms with E-state index in [0.717, 1.165) is 17.1 Å². The predicted octanol–water partition coefficient (Wildman–Crippen LogP) is 5.40. The largest absolute Gasteiger partial charge is 0.490 e. The van der Waals surface area contributed by atoms with Gasteiger partial charge >= 0.3 is 0 Å². The number of rotatable bonds is 9. The number of benzene rings is 3. The summed E-state index contributed by atoms with van der Waals surface area (Å²) in [5, 5.41) is 4.31. The lowest BCUT2D eigenvalue weighted by Gasteiger charge is -2.14. The van der Waals surface area contributed by atoms with Crippen LogP contribution in [0.15, 0.2) is 71.8 Å². The van der Waals surface area contributed by atoms with Crippen LogP contribution in [0.4, 0.5) is 0 Å². The molecule has 0 aliphatic rings. The molecule has 0 unspecified atom stereocenters. The number of nitrogens with zero attached hydrogens (tertiary/aromatic N) is 1. The van der Waals surface area contributed by atoms with Crippen LogP contribution in [0.5, 0.6) is 11.5 Å². The summed E-state index contributed by atoms with van der Waals surface area (Å²) in [6.45, 7) is 7.94. The Morgan fingerprint density at radius 3 is 2.52 bits per heavy atom. The van der Waals surface area contributed by atoms with Crippen LogP contribution in [0.2, 0.25) is 0 Å². The van der Waals surface area contributed by atoms with Crippen molar-refractivity contribution in [3.8, 4) is 11.5 Å². The average Bonchev–Trinajstić information content (AvgIpc) is 2.74. The molecule has 0 atom stereocenters. The maximum Gasteiger partial charge on any atom is 0.161 e. The zero-order chi connectivity index (χ0) is 20.5. The van der Waals surface area contributed by atoms with Crippen LogP contribution in [-0.2, 0) is 13.2 Å². The summed E-state index contributed by atoms with van der Waals surface area (Å²) < 4.78 is 11.9. The first kappa shape index (κ1) is 20.5. The Bertz CT molecular complexity index is 952. The molecule has 0 amide bonds. The third-order valence-corrected chi connectivity index (χ3v) is 4.59. The number of hydrogen-bond donors (Lipinski definition) is 1. The molecular weight excluding hydrogens is 360 g/mol. The highest BCUT2D eigenvalue weighted by Gasteiger charge is 2.08. The molecule has 3 aromatic carbocycles. The van der Waals surface area contributed by atoms with Crippen molar-refractivity contribution in [2.45, 2.75) is 33.9 Å². The zero-order valence-electron chi connectivity index (χ0n) is 17.3. The molecule has 3 rings (SSSR count). The summed E-state index contributed by atoms with van der Waals surface area (Å²) >= 11 is 0. The third kappa shape index (κ3) is 6.11. The third-order valence-electron chi connectivity index (χ3n) is 4.59. The lowest BCUT2D eigenvalue weighted by atomic mass is 10.1. The number of hydrogen-bond acceptors (Lipinski definition) is 4. The van der Waals surface area contributed by atoms with E-state index in [-0.39, 0.29) is 0 Å². The number of hydrazone groups is 1. The van der Waals surface area contributed by atoms with E-state index in [1.165, 1.54) is 22.3 Å². The number of aryl methyl sites for hydroxylation is 2. The fourth-order valence-corrected chi connectivity index (χ4v) is 2.96. The maximum absolute atomic E-state index is 6.06.